The molecular weight excluding hydrogens is 264 g/mol. The van der Waals surface area contributed by atoms with Gasteiger partial charge in [-0.25, -0.2) is 0 Å². The predicted octanol–water partition coefficient (Wildman–Crippen LogP) is 3.02. The Labute approximate surface area is 126 Å². The molecule has 21 heavy (non-hydrogen) atoms. The van der Waals surface area contributed by atoms with E-state index in [9.17, 15) is 9.59 Å². The number of nitrogens with one attached hydrogen (secondary N) is 2. The molecule has 114 valence electrons. The van der Waals surface area contributed by atoms with Crippen LogP contribution in [0.2, 0.25) is 0 Å². The lowest BCUT2D eigenvalue weighted by Gasteiger charge is -2.28. The fourth-order valence-electron chi connectivity index (χ4n) is 2.88. The van der Waals surface area contributed by atoms with Gasteiger partial charge in [0.2, 0.25) is 0 Å². The molecule has 2 N–H and O–H groups in total. The van der Waals surface area contributed by atoms with Gasteiger partial charge < -0.3 is 10.6 Å². The third-order valence-corrected chi connectivity index (χ3v) is 4.24. The molecule has 1 aromatic rings. The summed E-state index contributed by atoms with van der Waals surface area (Å²) in [6.45, 7) is 4.15. The zero-order chi connectivity index (χ0) is 15.2. The maximum atomic E-state index is 11.9. The molecular formula is C17H24N2O2. The monoisotopic (exact) mass is 288 g/mol. The summed E-state index contributed by atoms with van der Waals surface area (Å²) in [6, 6.07) is 7.57. The summed E-state index contributed by atoms with van der Waals surface area (Å²) < 4.78 is 0. The molecule has 2 rings (SSSR count). The van der Waals surface area contributed by atoms with Gasteiger partial charge in [0.25, 0.3) is 0 Å². The molecule has 0 saturated heterocycles. The predicted molar refractivity (Wildman–Crippen MR) is 84.0 cm³/mol. The maximum Gasteiger partial charge on any atom is 0.313 e. The Kier molecular flexibility index (Phi) is 5.37. The van der Waals surface area contributed by atoms with Gasteiger partial charge in [0.1, 0.15) is 0 Å². The van der Waals surface area contributed by atoms with E-state index in [-0.39, 0.29) is 6.04 Å². The minimum Gasteiger partial charge on any atom is -0.345 e. The van der Waals surface area contributed by atoms with Gasteiger partial charge in [0.05, 0.1) is 0 Å². The van der Waals surface area contributed by atoms with Crippen molar-refractivity contribution in [1.29, 1.82) is 0 Å². The van der Waals surface area contributed by atoms with Gasteiger partial charge >= 0.3 is 11.8 Å². The molecule has 4 nitrogen and oxygen atoms in total. The van der Waals surface area contributed by atoms with Crippen LogP contribution in [-0.2, 0) is 9.59 Å². The zero-order valence-corrected chi connectivity index (χ0v) is 12.8. The van der Waals surface area contributed by atoms with Gasteiger partial charge in [-0.3, -0.25) is 9.59 Å². The molecule has 0 atom stereocenters. The van der Waals surface area contributed by atoms with E-state index in [1.54, 1.807) is 6.07 Å². The van der Waals surface area contributed by atoms with E-state index >= 15 is 0 Å². The highest BCUT2D eigenvalue weighted by molar-refractivity contribution is 6.39. The Morgan fingerprint density at radius 1 is 1.14 bits per heavy atom. The number of hydrogen-bond donors (Lipinski definition) is 2. The molecule has 0 unspecified atom stereocenters. The summed E-state index contributed by atoms with van der Waals surface area (Å²) in [6.07, 6.45) is 5.43. The van der Waals surface area contributed by atoms with E-state index in [2.05, 4.69) is 17.6 Å². The Bertz CT molecular complexity index is 505. The first-order valence-corrected chi connectivity index (χ1v) is 7.77. The van der Waals surface area contributed by atoms with Gasteiger partial charge in [-0.2, -0.15) is 0 Å². The maximum absolute atomic E-state index is 11.9. The third-order valence-electron chi connectivity index (χ3n) is 4.24. The van der Waals surface area contributed by atoms with Crippen LogP contribution in [0.5, 0.6) is 0 Å². The summed E-state index contributed by atoms with van der Waals surface area (Å²) in [4.78, 5) is 23.8. The minimum atomic E-state index is -0.585. The molecule has 1 aromatic carbocycles. The van der Waals surface area contributed by atoms with Crippen molar-refractivity contribution in [2.45, 2.75) is 52.0 Å². The Balaban J connectivity index is 1.82. The second kappa shape index (κ2) is 7.25. The minimum absolute atomic E-state index is 0.142. The van der Waals surface area contributed by atoms with Crippen LogP contribution in [0.25, 0.3) is 0 Å². The number of rotatable bonds is 3. The molecule has 1 fully saturated rings. The second-order valence-corrected chi connectivity index (χ2v) is 5.92. The zero-order valence-electron chi connectivity index (χ0n) is 12.8. The van der Waals surface area contributed by atoms with Crippen molar-refractivity contribution in [3.63, 3.8) is 0 Å². The first kappa shape index (κ1) is 15.5. The Morgan fingerprint density at radius 3 is 2.48 bits per heavy atom. The lowest BCUT2D eigenvalue weighted by atomic mass is 9.84. The van der Waals surface area contributed by atoms with Crippen LogP contribution in [0.3, 0.4) is 0 Å². The number of hydrogen-bond acceptors (Lipinski definition) is 2. The number of anilines is 1. The van der Waals surface area contributed by atoms with Crippen molar-refractivity contribution in [2.75, 3.05) is 5.32 Å². The highest BCUT2D eigenvalue weighted by atomic mass is 16.2. The number of benzene rings is 1. The molecule has 1 saturated carbocycles. The summed E-state index contributed by atoms with van der Waals surface area (Å²) in [7, 11) is 0. The quantitative estimate of drug-likeness (QED) is 0.840. The summed E-state index contributed by atoms with van der Waals surface area (Å²) >= 11 is 0. The second-order valence-electron chi connectivity index (χ2n) is 5.92. The van der Waals surface area contributed by atoms with Gasteiger partial charge in [-0.05, 0) is 56.2 Å². The normalized spacial score (nSPS) is 21.6. The highest BCUT2D eigenvalue weighted by Crippen LogP contribution is 2.26. The number of carbonyl (C=O) groups is 2. The van der Waals surface area contributed by atoms with Crippen molar-refractivity contribution in [1.82, 2.24) is 5.32 Å². The van der Waals surface area contributed by atoms with E-state index in [0.717, 1.165) is 37.2 Å². The van der Waals surface area contributed by atoms with Crippen molar-refractivity contribution in [3.05, 3.63) is 29.8 Å². The standard InChI is InChI=1S/C17H24N2O2/c1-3-13-7-9-14(10-8-13)18-16(20)17(21)19-15-6-4-5-12(2)11-15/h4-6,11,13-14H,3,7-10H2,1-2H3,(H,18,20)(H,19,21). The average Bonchev–Trinajstić information content (AvgIpc) is 2.48. The van der Waals surface area contributed by atoms with Crippen molar-refractivity contribution in [3.8, 4) is 0 Å². The number of amides is 2. The third kappa shape index (κ3) is 4.59. The van der Waals surface area contributed by atoms with Gasteiger partial charge in [0, 0.05) is 11.7 Å². The van der Waals surface area contributed by atoms with Gasteiger partial charge in [-0.15, -0.1) is 0 Å². The van der Waals surface area contributed by atoms with E-state index < -0.39 is 11.8 Å². The molecule has 0 radical (unpaired) electrons. The van der Waals surface area contributed by atoms with Crippen LogP contribution in [0.1, 0.15) is 44.6 Å². The summed E-state index contributed by atoms with van der Waals surface area (Å²) in [5.74, 6) is -0.339. The van der Waals surface area contributed by atoms with E-state index in [0.29, 0.717) is 5.69 Å². The van der Waals surface area contributed by atoms with Crippen LogP contribution in [0, 0.1) is 12.8 Å². The van der Waals surface area contributed by atoms with E-state index in [4.69, 9.17) is 0 Å². The average molecular weight is 288 g/mol. The van der Waals surface area contributed by atoms with E-state index in [1.165, 1.54) is 6.42 Å². The lowest BCUT2D eigenvalue weighted by molar-refractivity contribution is -0.136. The molecule has 1 aliphatic carbocycles. The molecule has 0 aromatic heterocycles. The van der Waals surface area contributed by atoms with Crippen LogP contribution in [-0.4, -0.2) is 17.9 Å². The molecule has 0 heterocycles. The van der Waals surface area contributed by atoms with Crippen molar-refractivity contribution in [2.24, 2.45) is 5.92 Å². The van der Waals surface area contributed by atoms with E-state index in [1.807, 2.05) is 25.1 Å². The lowest BCUT2D eigenvalue weighted by Crippen LogP contribution is -2.43. The number of carbonyl (C=O) groups excluding carboxylic acids is 2. The summed E-state index contributed by atoms with van der Waals surface area (Å²) in [5, 5.41) is 5.49. The molecule has 0 spiro atoms. The number of aryl methyl sites for hydroxylation is 1. The summed E-state index contributed by atoms with van der Waals surface area (Å²) in [5.41, 5.74) is 1.70. The Morgan fingerprint density at radius 2 is 1.86 bits per heavy atom. The van der Waals surface area contributed by atoms with Crippen LogP contribution < -0.4 is 10.6 Å². The van der Waals surface area contributed by atoms with Crippen LogP contribution >= 0.6 is 0 Å². The van der Waals surface area contributed by atoms with Crippen molar-refractivity contribution < 1.29 is 9.59 Å². The molecule has 4 heteroatoms. The smallest absolute Gasteiger partial charge is 0.313 e. The highest BCUT2D eigenvalue weighted by Gasteiger charge is 2.23. The Hall–Kier alpha value is -1.84. The van der Waals surface area contributed by atoms with Crippen LogP contribution in [0.15, 0.2) is 24.3 Å². The van der Waals surface area contributed by atoms with Gasteiger partial charge in [-0.1, -0.05) is 25.5 Å². The molecule has 1 aliphatic rings. The SMILES string of the molecule is CCC1CCC(NC(=O)C(=O)Nc2cccc(C)c2)CC1. The molecule has 0 bridgehead atoms. The molecule has 0 aliphatic heterocycles. The first-order valence-electron chi connectivity index (χ1n) is 7.77. The topological polar surface area (TPSA) is 58.2 Å². The fourth-order valence-corrected chi connectivity index (χ4v) is 2.88. The fraction of sp³-hybridized carbons (Fsp3) is 0.529. The largest absolute Gasteiger partial charge is 0.345 e. The van der Waals surface area contributed by atoms with Crippen molar-refractivity contribution >= 4 is 17.5 Å². The van der Waals surface area contributed by atoms with Gasteiger partial charge in [0.15, 0.2) is 0 Å². The first-order chi connectivity index (χ1) is 10.1. The molecule has 2 amide bonds. The van der Waals surface area contributed by atoms with Crippen LogP contribution in [0.4, 0.5) is 5.69 Å².